The molecule has 0 heterocycles. The summed E-state index contributed by atoms with van der Waals surface area (Å²) in [6.07, 6.45) is 0. The SMILES string of the molecule is C=C1C(=C(C)C)C(c2ccccc2)=C1c1ccccc1. The maximum absolute atomic E-state index is 4.28. The first kappa shape index (κ1) is 12.7. The standard InChI is InChI=1S/C20H18/c1-14(2)18-15(3)19(16-10-6-4-7-11-16)20(18)17-12-8-5-9-13-17/h4-13H,3H2,1-2H3. The van der Waals surface area contributed by atoms with Gasteiger partial charge in [0.25, 0.3) is 0 Å². The summed E-state index contributed by atoms with van der Waals surface area (Å²) in [4.78, 5) is 0. The van der Waals surface area contributed by atoms with Gasteiger partial charge in [0.1, 0.15) is 0 Å². The summed E-state index contributed by atoms with van der Waals surface area (Å²) in [5.74, 6) is 0. The molecule has 0 amide bonds. The van der Waals surface area contributed by atoms with Crippen molar-refractivity contribution in [1.29, 1.82) is 0 Å². The van der Waals surface area contributed by atoms with Crippen LogP contribution in [0.1, 0.15) is 25.0 Å². The molecule has 0 bridgehead atoms. The van der Waals surface area contributed by atoms with E-state index in [1.165, 1.54) is 33.4 Å². The van der Waals surface area contributed by atoms with Gasteiger partial charge in [-0.15, -0.1) is 0 Å². The van der Waals surface area contributed by atoms with E-state index in [9.17, 15) is 0 Å². The number of benzene rings is 2. The van der Waals surface area contributed by atoms with Gasteiger partial charge in [-0.3, -0.25) is 0 Å². The van der Waals surface area contributed by atoms with Gasteiger partial charge in [-0.25, -0.2) is 0 Å². The zero-order valence-corrected chi connectivity index (χ0v) is 12.0. The molecule has 0 N–H and O–H groups in total. The maximum Gasteiger partial charge on any atom is -0.00214 e. The van der Waals surface area contributed by atoms with Crippen LogP contribution in [-0.2, 0) is 0 Å². The summed E-state index contributed by atoms with van der Waals surface area (Å²) in [7, 11) is 0. The second kappa shape index (κ2) is 4.97. The van der Waals surface area contributed by atoms with Crippen molar-refractivity contribution in [3.63, 3.8) is 0 Å². The van der Waals surface area contributed by atoms with E-state index in [1.54, 1.807) is 0 Å². The van der Waals surface area contributed by atoms with Crippen molar-refractivity contribution in [2.75, 3.05) is 0 Å². The fourth-order valence-corrected chi connectivity index (χ4v) is 2.86. The van der Waals surface area contributed by atoms with Crippen molar-refractivity contribution in [1.82, 2.24) is 0 Å². The van der Waals surface area contributed by atoms with Crippen molar-refractivity contribution in [2.45, 2.75) is 13.8 Å². The van der Waals surface area contributed by atoms with Gasteiger partial charge >= 0.3 is 0 Å². The Hall–Kier alpha value is -2.34. The van der Waals surface area contributed by atoms with Crippen LogP contribution in [0, 0.1) is 0 Å². The molecule has 1 aliphatic rings. The second-order valence-corrected chi connectivity index (χ2v) is 5.34. The zero-order valence-electron chi connectivity index (χ0n) is 12.0. The molecule has 2 aromatic rings. The van der Waals surface area contributed by atoms with Crippen LogP contribution in [-0.4, -0.2) is 0 Å². The smallest absolute Gasteiger partial charge is 0.00214 e. The minimum Gasteiger partial charge on any atom is -0.0905 e. The van der Waals surface area contributed by atoms with Crippen molar-refractivity contribution in [3.05, 3.63) is 95.1 Å². The van der Waals surface area contributed by atoms with E-state index < -0.39 is 0 Å². The normalized spacial score (nSPS) is 14.3. The predicted octanol–water partition coefficient (Wildman–Crippen LogP) is 5.50. The molecule has 98 valence electrons. The summed E-state index contributed by atoms with van der Waals surface area (Å²) < 4.78 is 0. The minimum absolute atomic E-state index is 1.16. The van der Waals surface area contributed by atoms with E-state index in [-0.39, 0.29) is 0 Å². The average Bonchev–Trinajstić information content (AvgIpc) is 2.46. The van der Waals surface area contributed by atoms with Crippen molar-refractivity contribution < 1.29 is 0 Å². The topological polar surface area (TPSA) is 0 Å². The quantitative estimate of drug-likeness (QED) is 0.667. The molecule has 0 aliphatic heterocycles. The summed E-state index contributed by atoms with van der Waals surface area (Å²) in [6, 6.07) is 21.1. The van der Waals surface area contributed by atoms with Gasteiger partial charge < -0.3 is 0 Å². The summed E-state index contributed by atoms with van der Waals surface area (Å²) in [5, 5.41) is 0. The summed E-state index contributed by atoms with van der Waals surface area (Å²) in [6.45, 7) is 8.60. The van der Waals surface area contributed by atoms with Crippen molar-refractivity contribution >= 4 is 11.1 Å². The van der Waals surface area contributed by atoms with Crippen molar-refractivity contribution in [3.8, 4) is 0 Å². The summed E-state index contributed by atoms with van der Waals surface area (Å²) >= 11 is 0. The van der Waals surface area contributed by atoms with Gasteiger partial charge in [0.2, 0.25) is 0 Å². The van der Waals surface area contributed by atoms with E-state index >= 15 is 0 Å². The lowest BCUT2D eigenvalue weighted by molar-refractivity contribution is 1.29. The Bertz CT molecular complexity index is 709. The van der Waals surface area contributed by atoms with Crippen LogP contribution < -0.4 is 0 Å². The number of rotatable bonds is 2. The van der Waals surface area contributed by atoms with E-state index in [0.29, 0.717) is 0 Å². The van der Waals surface area contributed by atoms with E-state index in [4.69, 9.17) is 0 Å². The van der Waals surface area contributed by atoms with Gasteiger partial charge in [-0.05, 0) is 47.3 Å². The van der Waals surface area contributed by atoms with Gasteiger partial charge in [0.05, 0.1) is 0 Å². The molecule has 0 radical (unpaired) electrons. The highest BCUT2D eigenvalue weighted by atomic mass is 14.3. The van der Waals surface area contributed by atoms with Crippen LogP contribution in [0.5, 0.6) is 0 Å². The fraction of sp³-hybridized carbons (Fsp3) is 0.100. The molecule has 0 nitrogen and oxygen atoms in total. The Morgan fingerprint density at radius 3 is 1.60 bits per heavy atom. The molecule has 1 aliphatic carbocycles. The molecule has 0 atom stereocenters. The highest BCUT2D eigenvalue weighted by Gasteiger charge is 2.30. The highest BCUT2D eigenvalue weighted by molar-refractivity contribution is 6.18. The van der Waals surface area contributed by atoms with Gasteiger partial charge in [-0.2, -0.15) is 0 Å². The molecule has 0 heteroatoms. The van der Waals surface area contributed by atoms with Gasteiger partial charge in [-0.1, -0.05) is 72.8 Å². The van der Waals surface area contributed by atoms with E-state index in [1.807, 2.05) is 0 Å². The molecule has 0 saturated heterocycles. The molecule has 2 aromatic carbocycles. The molecule has 3 rings (SSSR count). The van der Waals surface area contributed by atoms with Gasteiger partial charge in [0, 0.05) is 0 Å². The minimum atomic E-state index is 1.16. The summed E-state index contributed by atoms with van der Waals surface area (Å²) in [5.41, 5.74) is 8.95. The fourth-order valence-electron chi connectivity index (χ4n) is 2.86. The van der Waals surface area contributed by atoms with Gasteiger partial charge in [0.15, 0.2) is 0 Å². The van der Waals surface area contributed by atoms with Crippen LogP contribution >= 0.6 is 0 Å². The third kappa shape index (κ3) is 1.94. The number of hydrogen-bond acceptors (Lipinski definition) is 0. The first-order valence-electron chi connectivity index (χ1n) is 6.92. The third-order valence-electron chi connectivity index (χ3n) is 3.73. The predicted molar refractivity (Wildman–Crippen MR) is 87.2 cm³/mol. The van der Waals surface area contributed by atoms with Crippen LogP contribution in [0.4, 0.5) is 0 Å². The lowest BCUT2D eigenvalue weighted by Gasteiger charge is -2.32. The Labute approximate surface area is 120 Å². The van der Waals surface area contributed by atoms with Crippen LogP contribution in [0.15, 0.2) is 84.0 Å². The van der Waals surface area contributed by atoms with E-state index in [0.717, 1.165) is 5.57 Å². The second-order valence-electron chi connectivity index (χ2n) is 5.34. The largest absolute Gasteiger partial charge is 0.0905 e. The lowest BCUT2D eigenvalue weighted by atomic mass is 9.71. The first-order chi connectivity index (χ1) is 9.70. The Balaban J connectivity index is 2.25. The average molecular weight is 258 g/mol. The van der Waals surface area contributed by atoms with Crippen LogP contribution in [0.2, 0.25) is 0 Å². The Kier molecular flexibility index (Phi) is 3.15. The monoisotopic (exact) mass is 258 g/mol. The molecule has 0 spiro atoms. The zero-order chi connectivity index (χ0) is 14.1. The Morgan fingerprint density at radius 1 is 0.700 bits per heavy atom. The molecule has 0 aromatic heterocycles. The Morgan fingerprint density at radius 2 is 1.15 bits per heavy atom. The third-order valence-corrected chi connectivity index (χ3v) is 3.73. The van der Waals surface area contributed by atoms with Crippen molar-refractivity contribution in [2.24, 2.45) is 0 Å². The molecular weight excluding hydrogens is 240 g/mol. The van der Waals surface area contributed by atoms with Crippen LogP contribution in [0.3, 0.4) is 0 Å². The maximum atomic E-state index is 4.28. The molecular formula is C20H18. The number of hydrogen-bond donors (Lipinski definition) is 0. The van der Waals surface area contributed by atoms with E-state index in [2.05, 4.69) is 81.1 Å². The first-order valence-corrected chi connectivity index (χ1v) is 6.92. The van der Waals surface area contributed by atoms with Crippen LogP contribution in [0.25, 0.3) is 11.1 Å². The highest BCUT2D eigenvalue weighted by Crippen LogP contribution is 2.51. The molecule has 20 heavy (non-hydrogen) atoms. The lowest BCUT2D eigenvalue weighted by Crippen LogP contribution is -2.11. The number of allylic oxidation sites excluding steroid dienone is 5. The molecule has 0 saturated carbocycles. The molecule has 0 unspecified atom stereocenters. The molecule has 0 fully saturated rings.